The average Bonchev–Trinajstić information content (AvgIpc) is 2.30. The SMILES string of the molecule is CCOc1ccc(Br)cc1NC(=O)CCC(C)N.Cl. The lowest BCUT2D eigenvalue weighted by Gasteiger charge is -2.12. The zero-order valence-electron chi connectivity index (χ0n) is 11.1. The van der Waals surface area contributed by atoms with Crippen molar-refractivity contribution in [3.8, 4) is 5.75 Å². The molecule has 0 saturated carbocycles. The first-order valence-corrected chi connectivity index (χ1v) is 6.80. The summed E-state index contributed by atoms with van der Waals surface area (Å²) in [4.78, 5) is 11.7. The van der Waals surface area contributed by atoms with Gasteiger partial charge in [-0.25, -0.2) is 0 Å². The minimum atomic E-state index is -0.0497. The molecule has 1 aromatic carbocycles. The lowest BCUT2D eigenvalue weighted by Crippen LogP contribution is -2.19. The Kier molecular flexibility index (Phi) is 8.80. The average molecular weight is 352 g/mol. The predicted molar refractivity (Wildman–Crippen MR) is 84.1 cm³/mol. The number of nitrogens with one attached hydrogen (secondary N) is 1. The highest BCUT2D eigenvalue weighted by Crippen LogP contribution is 2.28. The van der Waals surface area contributed by atoms with Gasteiger partial charge in [0.15, 0.2) is 0 Å². The number of anilines is 1. The molecule has 0 spiro atoms. The molecule has 0 aromatic heterocycles. The fourth-order valence-electron chi connectivity index (χ4n) is 1.45. The molecule has 0 aliphatic carbocycles. The van der Waals surface area contributed by atoms with Gasteiger partial charge in [-0.3, -0.25) is 4.79 Å². The summed E-state index contributed by atoms with van der Waals surface area (Å²) >= 11 is 3.37. The van der Waals surface area contributed by atoms with Gasteiger partial charge in [-0.05, 0) is 38.5 Å². The summed E-state index contributed by atoms with van der Waals surface area (Å²) in [5, 5.41) is 2.84. The van der Waals surface area contributed by atoms with Gasteiger partial charge in [0.05, 0.1) is 12.3 Å². The monoisotopic (exact) mass is 350 g/mol. The van der Waals surface area contributed by atoms with Gasteiger partial charge in [0, 0.05) is 16.9 Å². The van der Waals surface area contributed by atoms with Gasteiger partial charge in [0.2, 0.25) is 5.91 Å². The van der Waals surface area contributed by atoms with Gasteiger partial charge in [0.1, 0.15) is 5.75 Å². The number of hydrogen-bond donors (Lipinski definition) is 2. The molecule has 4 nitrogen and oxygen atoms in total. The lowest BCUT2D eigenvalue weighted by atomic mass is 10.2. The van der Waals surface area contributed by atoms with E-state index in [1.165, 1.54) is 0 Å². The smallest absolute Gasteiger partial charge is 0.224 e. The van der Waals surface area contributed by atoms with Crippen LogP contribution in [0, 0.1) is 0 Å². The molecule has 3 N–H and O–H groups in total. The molecule has 108 valence electrons. The highest BCUT2D eigenvalue weighted by molar-refractivity contribution is 9.10. The van der Waals surface area contributed by atoms with E-state index >= 15 is 0 Å². The molecule has 0 heterocycles. The predicted octanol–water partition coefficient (Wildman–Crippen LogP) is 3.34. The highest BCUT2D eigenvalue weighted by atomic mass is 79.9. The maximum absolute atomic E-state index is 11.7. The van der Waals surface area contributed by atoms with Crippen molar-refractivity contribution in [1.29, 1.82) is 0 Å². The number of halogens is 2. The number of hydrogen-bond acceptors (Lipinski definition) is 3. The van der Waals surface area contributed by atoms with Crippen molar-refractivity contribution in [3.63, 3.8) is 0 Å². The van der Waals surface area contributed by atoms with Crippen LogP contribution < -0.4 is 15.8 Å². The molecule has 19 heavy (non-hydrogen) atoms. The lowest BCUT2D eigenvalue weighted by molar-refractivity contribution is -0.116. The molecule has 0 bridgehead atoms. The zero-order chi connectivity index (χ0) is 13.5. The van der Waals surface area contributed by atoms with E-state index in [0.29, 0.717) is 30.9 Å². The van der Waals surface area contributed by atoms with E-state index in [-0.39, 0.29) is 24.4 Å². The molecule has 0 aliphatic heterocycles. The van der Waals surface area contributed by atoms with E-state index in [2.05, 4.69) is 21.2 Å². The van der Waals surface area contributed by atoms with Gasteiger partial charge >= 0.3 is 0 Å². The summed E-state index contributed by atoms with van der Waals surface area (Å²) in [6.07, 6.45) is 1.08. The van der Waals surface area contributed by atoms with E-state index in [0.717, 1.165) is 4.47 Å². The second-order valence-electron chi connectivity index (χ2n) is 4.14. The molecule has 1 aromatic rings. The molecular formula is C13H20BrClN2O2. The second kappa shape index (κ2) is 9.18. The van der Waals surface area contributed by atoms with Crippen LogP contribution >= 0.6 is 28.3 Å². The Morgan fingerprint density at radius 3 is 2.79 bits per heavy atom. The number of carbonyl (C=O) groups is 1. The third-order valence-corrected chi connectivity index (χ3v) is 2.84. The van der Waals surface area contributed by atoms with Crippen molar-refractivity contribution in [2.24, 2.45) is 5.73 Å². The number of carbonyl (C=O) groups excluding carboxylic acids is 1. The van der Waals surface area contributed by atoms with Crippen LogP contribution in [0.2, 0.25) is 0 Å². The third kappa shape index (κ3) is 6.80. The highest BCUT2D eigenvalue weighted by Gasteiger charge is 2.09. The summed E-state index contributed by atoms with van der Waals surface area (Å²) in [7, 11) is 0. The first kappa shape index (κ1) is 18.2. The molecule has 0 radical (unpaired) electrons. The Hall–Kier alpha value is -0.780. The minimum absolute atomic E-state index is 0. The Labute approximate surface area is 128 Å². The van der Waals surface area contributed by atoms with Gasteiger partial charge in [0.25, 0.3) is 0 Å². The molecule has 1 atom stereocenters. The van der Waals surface area contributed by atoms with E-state index in [9.17, 15) is 4.79 Å². The summed E-state index contributed by atoms with van der Waals surface area (Å²) in [6, 6.07) is 5.57. The van der Waals surface area contributed by atoms with Crippen LogP contribution in [0.5, 0.6) is 5.75 Å². The topological polar surface area (TPSA) is 64.3 Å². The Bertz CT molecular complexity index is 414. The van der Waals surface area contributed by atoms with Crippen molar-refractivity contribution in [1.82, 2.24) is 0 Å². The summed E-state index contributed by atoms with van der Waals surface area (Å²) in [5.74, 6) is 0.626. The van der Waals surface area contributed by atoms with Crippen LogP contribution in [0.3, 0.4) is 0 Å². The molecule has 1 amide bonds. The molecule has 6 heteroatoms. The number of rotatable bonds is 6. The minimum Gasteiger partial charge on any atom is -0.492 e. The Morgan fingerprint density at radius 2 is 2.21 bits per heavy atom. The van der Waals surface area contributed by atoms with Gasteiger partial charge in [-0.2, -0.15) is 0 Å². The molecular weight excluding hydrogens is 332 g/mol. The van der Waals surface area contributed by atoms with E-state index in [4.69, 9.17) is 10.5 Å². The van der Waals surface area contributed by atoms with Gasteiger partial charge < -0.3 is 15.8 Å². The normalized spacial score (nSPS) is 11.4. The summed E-state index contributed by atoms with van der Waals surface area (Å²) in [6.45, 7) is 4.35. The summed E-state index contributed by atoms with van der Waals surface area (Å²) in [5.41, 5.74) is 6.30. The maximum Gasteiger partial charge on any atom is 0.224 e. The van der Waals surface area contributed by atoms with Crippen molar-refractivity contribution in [2.45, 2.75) is 32.7 Å². The van der Waals surface area contributed by atoms with Crippen molar-refractivity contribution >= 4 is 39.9 Å². The largest absolute Gasteiger partial charge is 0.492 e. The van der Waals surface area contributed by atoms with Crippen LogP contribution in [0.1, 0.15) is 26.7 Å². The maximum atomic E-state index is 11.7. The quantitative estimate of drug-likeness (QED) is 0.826. The third-order valence-electron chi connectivity index (χ3n) is 2.34. The molecule has 1 rings (SSSR count). The van der Waals surface area contributed by atoms with E-state index in [1.807, 2.05) is 32.0 Å². The number of amides is 1. The first-order chi connectivity index (χ1) is 8.52. The zero-order valence-corrected chi connectivity index (χ0v) is 13.5. The van der Waals surface area contributed by atoms with Crippen LogP contribution in [0.15, 0.2) is 22.7 Å². The van der Waals surface area contributed by atoms with Crippen molar-refractivity contribution < 1.29 is 9.53 Å². The van der Waals surface area contributed by atoms with Crippen molar-refractivity contribution in [3.05, 3.63) is 22.7 Å². The fraction of sp³-hybridized carbons (Fsp3) is 0.462. The van der Waals surface area contributed by atoms with Gasteiger partial charge in [-0.15, -0.1) is 12.4 Å². The Balaban J connectivity index is 0.00000324. The van der Waals surface area contributed by atoms with Crippen LogP contribution in [-0.4, -0.2) is 18.6 Å². The fourth-order valence-corrected chi connectivity index (χ4v) is 1.81. The van der Waals surface area contributed by atoms with Crippen molar-refractivity contribution in [2.75, 3.05) is 11.9 Å². The molecule has 1 unspecified atom stereocenters. The van der Waals surface area contributed by atoms with Crippen LogP contribution in [-0.2, 0) is 4.79 Å². The first-order valence-electron chi connectivity index (χ1n) is 6.00. The molecule has 0 aliphatic rings. The van der Waals surface area contributed by atoms with E-state index < -0.39 is 0 Å². The molecule has 0 saturated heterocycles. The number of nitrogens with two attached hydrogens (primary N) is 1. The number of benzene rings is 1. The summed E-state index contributed by atoms with van der Waals surface area (Å²) < 4.78 is 6.35. The van der Waals surface area contributed by atoms with Crippen LogP contribution in [0.4, 0.5) is 5.69 Å². The molecule has 0 fully saturated rings. The second-order valence-corrected chi connectivity index (χ2v) is 5.05. The number of ether oxygens (including phenoxy) is 1. The Morgan fingerprint density at radius 1 is 1.53 bits per heavy atom. The standard InChI is InChI=1S/C13H19BrN2O2.ClH/c1-3-18-12-6-5-10(14)8-11(12)16-13(17)7-4-9(2)15;/h5-6,8-9H,3-4,7,15H2,1-2H3,(H,16,17);1H. The van der Waals surface area contributed by atoms with Crippen LogP contribution in [0.25, 0.3) is 0 Å². The van der Waals surface area contributed by atoms with E-state index in [1.54, 1.807) is 0 Å². The van der Waals surface area contributed by atoms with Gasteiger partial charge in [-0.1, -0.05) is 15.9 Å².